The molecule has 0 amide bonds. The third kappa shape index (κ3) is 4.04. The first-order valence-electron chi connectivity index (χ1n) is 6.75. The third-order valence-corrected chi connectivity index (χ3v) is 3.02. The van der Waals surface area contributed by atoms with Gasteiger partial charge in [0.25, 0.3) is 0 Å². The van der Waals surface area contributed by atoms with Gasteiger partial charge in [-0.05, 0) is 37.0 Å². The Balaban J connectivity index is 2.76. The lowest BCUT2D eigenvalue weighted by Crippen LogP contribution is -2.24. The van der Waals surface area contributed by atoms with E-state index in [1.165, 1.54) is 18.5 Å². The molecule has 0 fully saturated rings. The van der Waals surface area contributed by atoms with Crippen LogP contribution in [-0.4, -0.2) is 18.2 Å². The number of nitrogens with zero attached hydrogens (tertiary/aromatic N) is 1. The second-order valence-corrected chi connectivity index (χ2v) is 4.50. The Kier molecular flexibility index (Phi) is 6.06. The molecule has 1 aromatic rings. The highest BCUT2D eigenvalue weighted by molar-refractivity contribution is 5.47. The summed E-state index contributed by atoms with van der Waals surface area (Å²) in [5, 5.41) is 9.75. The molecule has 2 heteroatoms. The van der Waals surface area contributed by atoms with Gasteiger partial charge in [0.2, 0.25) is 0 Å². The van der Waals surface area contributed by atoms with Crippen molar-refractivity contribution in [2.24, 2.45) is 0 Å². The van der Waals surface area contributed by atoms with E-state index in [4.69, 9.17) is 0 Å². The van der Waals surface area contributed by atoms with Crippen LogP contribution in [0.25, 0.3) is 0 Å². The summed E-state index contributed by atoms with van der Waals surface area (Å²) in [6.45, 7) is 8.61. The van der Waals surface area contributed by atoms with E-state index in [1.807, 2.05) is 19.1 Å². The first-order valence-corrected chi connectivity index (χ1v) is 6.75. The predicted octanol–water partition coefficient (Wildman–Crippen LogP) is 3.76. The van der Waals surface area contributed by atoms with Crippen molar-refractivity contribution in [2.45, 2.75) is 46.1 Å². The summed E-state index contributed by atoms with van der Waals surface area (Å²) in [6.07, 6.45) is 2.78. The summed E-state index contributed by atoms with van der Waals surface area (Å²) in [7, 11) is 0. The fourth-order valence-electron chi connectivity index (χ4n) is 2.05. The minimum absolute atomic E-state index is 0.324. The van der Waals surface area contributed by atoms with Crippen molar-refractivity contribution in [1.82, 2.24) is 0 Å². The van der Waals surface area contributed by atoms with Crippen LogP contribution in [0, 0.1) is 0 Å². The molecule has 0 saturated heterocycles. The van der Waals surface area contributed by atoms with Crippen LogP contribution in [0.5, 0.6) is 0 Å². The quantitative estimate of drug-likeness (QED) is 0.778. The number of hydrogen-bond acceptors (Lipinski definition) is 2. The van der Waals surface area contributed by atoms with Gasteiger partial charge in [-0.1, -0.05) is 32.9 Å². The highest BCUT2D eigenvalue weighted by atomic mass is 16.3. The fourth-order valence-corrected chi connectivity index (χ4v) is 2.05. The van der Waals surface area contributed by atoms with E-state index in [2.05, 4.69) is 30.9 Å². The van der Waals surface area contributed by atoms with Crippen molar-refractivity contribution < 1.29 is 5.11 Å². The highest BCUT2D eigenvalue weighted by Gasteiger charge is 2.07. The van der Waals surface area contributed by atoms with E-state index in [0.29, 0.717) is 0 Å². The SMILES string of the molecule is CCCN(CCC)c1ccc(C(O)CC)cc1. The smallest absolute Gasteiger partial charge is 0.0787 e. The lowest BCUT2D eigenvalue weighted by Gasteiger charge is -2.24. The summed E-state index contributed by atoms with van der Waals surface area (Å²) in [6, 6.07) is 8.34. The molecule has 0 aliphatic carbocycles. The van der Waals surface area contributed by atoms with Crippen LogP contribution in [0.1, 0.15) is 51.7 Å². The van der Waals surface area contributed by atoms with Crippen molar-refractivity contribution in [2.75, 3.05) is 18.0 Å². The Morgan fingerprint density at radius 3 is 1.94 bits per heavy atom. The molecule has 17 heavy (non-hydrogen) atoms. The normalized spacial score (nSPS) is 12.5. The molecule has 1 rings (SSSR count). The van der Waals surface area contributed by atoms with Crippen LogP contribution in [0.4, 0.5) is 5.69 Å². The van der Waals surface area contributed by atoms with E-state index in [1.54, 1.807) is 0 Å². The van der Waals surface area contributed by atoms with Crippen molar-refractivity contribution in [3.8, 4) is 0 Å². The van der Waals surface area contributed by atoms with E-state index in [9.17, 15) is 5.11 Å². The first kappa shape index (κ1) is 14.0. The molecule has 96 valence electrons. The van der Waals surface area contributed by atoms with Gasteiger partial charge >= 0.3 is 0 Å². The van der Waals surface area contributed by atoms with Crippen molar-refractivity contribution >= 4 is 5.69 Å². The van der Waals surface area contributed by atoms with E-state index in [-0.39, 0.29) is 6.10 Å². The van der Waals surface area contributed by atoms with E-state index < -0.39 is 0 Å². The molecular formula is C15H25NO. The lowest BCUT2D eigenvalue weighted by molar-refractivity contribution is 0.173. The Morgan fingerprint density at radius 2 is 1.53 bits per heavy atom. The summed E-state index contributed by atoms with van der Waals surface area (Å²) < 4.78 is 0. The Labute approximate surface area is 105 Å². The van der Waals surface area contributed by atoms with Crippen molar-refractivity contribution in [1.29, 1.82) is 0 Å². The van der Waals surface area contributed by atoms with Crippen LogP contribution >= 0.6 is 0 Å². The second kappa shape index (κ2) is 7.33. The predicted molar refractivity (Wildman–Crippen MR) is 74.5 cm³/mol. The van der Waals surface area contributed by atoms with Gasteiger partial charge in [0.1, 0.15) is 0 Å². The molecule has 1 atom stereocenters. The van der Waals surface area contributed by atoms with Crippen molar-refractivity contribution in [3.05, 3.63) is 29.8 Å². The standard InChI is InChI=1S/C15H25NO/c1-4-11-16(12-5-2)14-9-7-13(8-10-14)15(17)6-3/h7-10,15,17H,4-6,11-12H2,1-3H3. The van der Waals surface area contributed by atoms with Crippen LogP contribution in [0.2, 0.25) is 0 Å². The lowest BCUT2D eigenvalue weighted by atomic mass is 10.1. The van der Waals surface area contributed by atoms with Gasteiger partial charge in [0.15, 0.2) is 0 Å². The second-order valence-electron chi connectivity index (χ2n) is 4.50. The number of aliphatic hydroxyl groups excluding tert-OH is 1. The van der Waals surface area contributed by atoms with Gasteiger partial charge in [0.05, 0.1) is 6.10 Å². The van der Waals surface area contributed by atoms with Crippen LogP contribution in [-0.2, 0) is 0 Å². The molecule has 0 spiro atoms. The number of aliphatic hydroxyl groups is 1. The van der Waals surface area contributed by atoms with Crippen LogP contribution < -0.4 is 4.90 Å². The van der Waals surface area contributed by atoms with Gasteiger partial charge in [-0.25, -0.2) is 0 Å². The van der Waals surface area contributed by atoms with Gasteiger partial charge < -0.3 is 10.0 Å². The summed E-state index contributed by atoms with van der Waals surface area (Å²) in [5.41, 5.74) is 2.28. The number of benzene rings is 1. The summed E-state index contributed by atoms with van der Waals surface area (Å²) in [4.78, 5) is 2.40. The molecule has 0 saturated carbocycles. The average Bonchev–Trinajstić information content (AvgIpc) is 2.38. The molecule has 0 radical (unpaired) electrons. The number of rotatable bonds is 7. The van der Waals surface area contributed by atoms with Gasteiger partial charge in [-0.2, -0.15) is 0 Å². The molecular weight excluding hydrogens is 210 g/mol. The van der Waals surface area contributed by atoms with Gasteiger partial charge in [-0.15, -0.1) is 0 Å². The van der Waals surface area contributed by atoms with Gasteiger partial charge in [0, 0.05) is 18.8 Å². The topological polar surface area (TPSA) is 23.5 Å². The summed E-state index contributed by atoms with van der Waals surface area (Å²) in [5.74, 6) is 0. The number of hydrogen-bond donors (Lipinski definition) is 1. The average molecular weight is 235 g/mol. The summed E-state index contributed by atoms with van der Waals surface area (Å²) >= 11 is 0. The molecule has 1 aromatic carbocycles. The molecule has 0 aromatic heterocycles. The number of anilines is 1. The minimum Gasteiger partial charge on any atom is -0.388 e. The zero-order chi connectivity index (χ0) is 12.7. The van der Waals surface area contributed by atoms with E-state index in [0.717, 1.165) is 25.1 Å². The maximum atomic E-state index is 9.75. The zero-order valence-corrected chi connectivity index (χ0v) is 11.3. The third-order valence-electron chi connectivity index (χ3n) is 3.02. The highest BCUT2D eigenvalue weighted by Crippen LogP contribution is 2.21. The van der Waals surface area contributed by atoms with Gasteiger partial charge in [-0.3, -0.25) is 0 Å². The minimum atomic E-state index is -0.324. The fraction of sp³-hybridized carbons (Fsp3) is 0.600. The monoisotopic (exact) mass is 235 g/mol. The first-order chi connectivity index (χ1) is 8.22. The molecule has 0 heterocycles. The van der Waals surface area contributed by atoms with E-state index >= 15 is 0 Å². The zero-order valence-electron chi connectivity index (χ0n) is 11.3. The molecule has 2 nitrogen and oxygen atoms in total. The molecule has 1 N–H and O–H groups in total. The molecule has 1 unspecified atom stereocenters. The van der Waals surface area contributed by atoms with Crippen molar-refractivity contribution in [3.63, 3.8) is 0 Å². The Hall–Kier alpha value is -1.02. The molecule has 0 bridgehead atoms. The molecule has 0 aliphatic heterocycles. The van der Waals surface area contributed by atoms with Crippen LogP contribution in [0.15, 0.2) is 24.3 Å². The molecule has 0 aliphatic rings. The largest absolute Gasteiger partial charge is 0.388 e. The van der Waals surface area contributed by atoms with Crippen LogP contribution in [0.3, 0.4) is 0 Å². The maximum absolute atomic E-state index is 9.75. The Bertz CT molecular complexity index is 301. The Morgan fingerprint density at radius 1 is 1.00 bits per heavy atom. The maximum Gasteiger partial charge on any atom is 0.0787 e.